The molecule has 1 aliphatic carbocycles. The van der Waals surface area contributed by atoms with Crippen LogP contribution >= 0.6 is 21.6 Å². The van der Waals surface area contributed by atoms with Crippen LogP contribution in [-0.2, 0) is 22.7 Å². The van der Waals surface area contributed by atoms with Gasteiger partial charge in [-0.25, -0.2) is 0 Å². The molecular weight excluding hydrogens is 893 g/mol. The number of unbranched alkanes of at least 4 members (excludes halogenated alkanes) is 2. The highest BCUT2D eigenvalue weighted by atomic mass is 33.1. The van der Waals surface area contributed by atoms with Crippen molar-refractivity contribution in [1.29, 1.82) is 0 Å². The summed E-state index contributed by atoms with van der Waals surface area (Å²) < 4.78 is 5.59. The van der Waals surface area contributed by atoms with Gasteiger partial charge in [0.15, 0.2) is 12.4 Å². The highest BCUT2D eigenvalue weighted by Crippen LogP contribution is 2.30. The van der Waals surface area contributed by atoms with Gasteiger partial charge in [0.25, 0.3) is 0 Å². The first-order valence-electron chi connectivity index (χ1n) is 24.1. The maximum Gasteiger partial charge on any atom is 0.221 e. The molecule has 10 nitrogen and oxygen atoms in total. The Labute approximate surface area is 419 Å². The van der Waals surface area contributed by atoms with Gasteiger partial charge in [-0.3, -0.25) is 9.59 Å². The molecule has 362 valence electrons. The number of aryl methyl sites for hydroxylation is 2. The average molecular weight is 966 g/mol. The van der Waals surface area contributed by atoms with Crippen molar-refractivity contribution < 1.29 is 23.2 Å². The van der Waals surface area contributed by atoms with Gasteiger partial charge in [-0.15, -0.1) is 0 Å². The maximum atomic E-state index is 11.9. The number of hydrogen-bond donors (Lipinski definition) is 2. The van der Waals surface area contributed by atoms with E-state index in [1.807, 2.05) is 53.9 Å². The number of rotatable bonds is 25. The maximum absolute atomic E-state index is 11.9. The number of hydrogen-bond acceptors (Lipinski definition) is 7. The minimum absolute atomic E-state index is 0.0724. The van der Waals surface area contributed by atoms with E-state index in [-0.39, 0.29) is 11.8 Å². The topological polar surface area (TPSA) is 75.7 Å². The van der Waals surface area contributed by atoms with Crippen LogP contribution < -0.4 is 40.0 Å². The predicted octanol–water partition coefficient (Wildman–Crippen LogP) is 8.34. The number of anilines is 4. The van der Waals surface area contributed by atoms with Crippen molar-refractivity contribution in [3.8, 4) is 0 Å². The Morgan fingerprint density at radius 1 is 0.652 bits per heavy atom. The fourth-order valence-electron chi connectivity index (χ4n) is 8.54. The second-order valence-electron chi connectivity index (χ2n) is 18.9. The SMILES string of the molecule is CC(=O)Nc1cc[n+](CCCCN(C)CCSSCC[N+](C)(C)CCCC[n+]2ccc(NC(C)=O)cc2/C=C/c2ccc(N(C)C)c3c2=CC=C=C=3)c(/C=C/c2ccc(N(C)C)c3ccccc23)c1. The molecular formula is C57H73N8O2S2+3. The zero-order valence-electron chi connectivity index (χ0n) is 42.3. The van der Waals surface area contributed by atoms with Crippen LogP contribution in [0.5, 0.6) is 0 Å². The summed E-state index contributed by atoms with van der Waals surface area (Å²) in [7, 11) is 19.2. The Balaban J connectivity index is 0.913. The summed E-state index contributed by atoms with van der Waals surface area (Å²) in [6.07, 6.45) is 21.2. The third-order valence-corrected chi connectivity index (χ3v) is 14.7. The van der Waals surface area contributed by atoms with Crippen molar-refractivity contribution in [3.63, 3.8) is 0 Å². The molecule has 0 aliphatic heterocycles. The van der Waals surface area contributed by atoms with Crippen molar-refractivity contribution in [3.05, 3.63) is 130 Å². The molecule has 6 rings (SSSR count). The summed E-state index contributed by atoms with van der Waals surface area (Å²) in [6.45, 7) is 9.29. The third-order valence-electron chi connectivity index (χ3n) is 12.4. The van der Waals surface area contributed by atoms with E-state index in [9.17, 15) is 9.59 Å². The molecule has 69 heavy (non-hydrogen) atoms. The smallest absolute Gasteiger partial charge is 0.221 e. The standard InChI is InChI=1S/C57H71N8O2S2/c1-44(66)58-48-30-35-63(50(42-48)26-22-46-24-28-56(60(3)4)54-20-12-10-18-52(46)54)33-15-14-32-62(7)37-40-68-69-41-39-65(8,9)38-17-16-34-64-36-31-49(59-45(2)67)43-51(64)27-23-47-25-29-57(61(5)6)55-21-13-11-19-53(47)55/h10-12,18-20,22-31,35-36,42-43H,14-17,32-34,37-41H2,1-9H3/q+1/p+2/b26-22+,27-23+. The molecule has 0 radical (unpaired) electrons. The van der Waals surface area contributed by atoms with Gasteiger partial charge >= 0.3 is 0 Å². The summed E-state index contributed by atoms with van der Waals surface area (Å²) >= 11 is 0. The Morgan fingerprint density at radius 2 is 1.23 bits per heavy atom. The van der Waals surface area contributed by atoms with E-state index in [0.29, 0.717) is 0 Å². The third kappa shape index (κ3) is 15.8. The van der Waals surface area contributed by atoms with E-state index in [2.05, 4.69) is 185 Å². The summed E-state index contributed by atoms with van der Waals surface area (Å²) in [6, 6.07) is 25.3. The molecule has 0 unspecified atom stereocenters. The van der Waals surface area contributed by atoms with Crippen LogP contribution in [0, 0.1) is 0 Å². The number of carbonyl (C=O) groups is 2. The van der Waals surface area contributed by atoms with Crippen LogP contribution in [0.3, 0.4) is 0 Å². The number of carbonyl (C=O) groups excluding carboxylic acids is 2. The summed E-state index contributed by atoms with van der Waals surface area (Å²) in [4.78, 5) is 30.5. The van der Waals surface area contributed by atoms with Crippen LogP contribution in [0.25, 0.3) is 46.9 Å². The normalized spacial score (nSPS) is 12.1. The van der Waals surface area contributed by atoms with Gasteiger partial charge < -0.3 is 29.8 Å². The van der Waals surface area contributed by atoms with E-state index in [1.54, 1.807) is 13.8 Å². The Kier molecular flexibility index (Phi) is 19.5. The molecule has 0 fully saturated rings. The number of nitrogens with zero attached hydrogens (tertiary/aromatic N) is 6. The fourth-order valence-corrected chi connectivity index (χ4v) is 10.9. The molecule has 12 heteroatoms. The van der Waals surface area contributed by atoms with Crippen molar-refractivity contribution >= 4 is 103 Å². The lowest BCUT2D eigenvalue weighted by Gasteiger charge is -2.29. The number of allylic oxidation sites excluding steroid dienone is 1. The van der Waals surface area contributed by atoms with Crippen molar-refractivity contribution in [2.24, 2.45) is 0 Å². The van der Waals surface area contributed by atoms with Crippen LogP contribution in [0.2, 0.25) is 0 Å². The van der Waals surface area contributed by atoms with Crippen LogP contribution in [0.15, 0.2) is 97.0 Å². The average Bonchev–Trinajstić information content (AvgIpc) is 3.31. The van der Waals surface area contributed by atoms with E-state index < -0.39 is 0 Å². The number of nitrogens with one attached hydrogen (secondary N) is 2. The zero-order valence-corrected chi connectivity index (χ0v) is 44.0. The number of aromatic nitrogens is 2. The van der Waals surface area contributed by atoms with Gasteiger partial charge in [-0.1, -0.05) is 69.4 Å². The van der Waals surface area contributed by atoms with Gasteiger partial charge in [-0.05, 0) is 73.0 Å². The molecule has 0 spiro atoms. The van der Waals surface area contributed by atoms with Crippen LogP contribution in [-0.4, -0.2) is 108 Å². The quantitative estimate of drug-likeness (QED) is 0.0201. The lowest BCUT2D eigenvalue weighted by Crippen LogP contribution is -2.43. The van der Waals surface area contributed by atoms with Crippen molar-refractivity contribution in [2.75, 3.05) is 107 Å². The molecule has 0 atom stereocenters. The molecule has 2 N–H and O–H groups in total. The van der Waals surface area contributed by atoms with Gasteiger partial charge in [0.1, 0.15) is 13.1 Å². The van der Waals surface area contributed by atoms with Gasteiger partial charge in [0, 0.05) is 126 Å². The molecule has 2 aromatic heterocycles. The molecule has 2 amide bonds. The molecule has 5 aromatic rings. The van der Waals surface area contributed by atoms with Crippen LogP contribution in [0.4, 0.5) is 22.7 Å². The number of quaternary nitrogens is 1. The highest BCUT2D eigenvalue weighted by Gasteiger charge is 2.17. The van der Waals surface area contributed by atoms with E-state index in [1.165, 1.54) is 16.5 Å². The van der Waals surface area contributed by atoms with Gasteiger partial charge in [0.05, 0.1) is 55.2 Å². The lowest BCUT2D eigenvalue weighted by molar-refractivity contribution is -0.888. The first-order valence-corrected chi connectivity index (χ1v) is 26.6. The Morgan fingerprint density at radius 3 is 1.87 bits per heavy atom. The summed E-state index contributed by atoms with van der Waals surface area (Å²) in [5, 5.41) is 10.5. The highest BCUT2D eigenvalue weighted by molar-refractivity contribution is 8.76. The molecule has 3 aromatic carbocycles. The number of benzene rings is 3. The first kappa shape index (κ1) is 52.5. The molecule has 1 aliphatic rings. The van der Waals surface area contributed by atoms with Gasteiger partial charge in [-0.2, -0.15) is 9.13 Å². The number of amides is 2. The molecule has 0 bridgehead atoms. The monoisotopic (exact) mass is 966 g/mol. The van der Waals surface area contributed by atoms with Gasteiger partial charge in [0.2, 0.25) is 23.2 Å². The molecule has 0 saturated carbocycles. The fraction of sp³-hybridized carbons (Fsp3) is 0.368. The second-order valence-corrected chi connectivity index (χ2v) is 21.6. The Bertz CT molecular complexity index is 2860. The minimum Gasteiger partial charge on any atom is -0.377 e. The largest absolute Gasteiger partial charge is 0.377 e. The molecule has 0 saturated heterocycles. The van der Waals surface area contributed by atoms with Crippen molar-refractivity contribution in [2.45, 2.75) is 52.6 Å². The van der Waals surface area contributed by atoms with E-state index in [4.69, 9.17) is 0 Å². The van der Waals surface area contributed by atoms with Crippen LogP contribution in [0.1, 0.15) is 62.0 Å². The lowest BCUT2D eigenvalue weighted by atomic mass is 10.0. The predicted molar refractivity (Wildman–Crippen MR) is 297 cm³/mol. The number of pyridine rings is 2. The summed E-state index contributed by atoms with van der Waals surface area (Å²) in [5.74, 6) is 2.08. The summed E-state index contributed by atoms with van der Waals surface area (Å²) in [5.41, 5.74) is 14.7. The zero-order chi connectivity index (χ0) is 49.3. The van der Waals surface area contributed by atoms with Crippen molar-refractivity contribution in [1.82, 2.24) is 4.90 Å². The Hall–Kier alpha value is -5.84. The second kappa shape index (κ2) is 25.7. The van der Waals surface area contributed by atoms with E-state index in [0.717, 1.165) is 131 Å². The number of fused-ring (bicyclic) bond motifs is 2. The molecule has 2 heterocycles. The van der Waals surface area contributed by atoms with E-state index >= 15 is 0 Å². The minimum atomic E-state index is -0.0777. The first-order chi connectivity index (χ1) is 33.2.